The average Bonchev–Trinajstić information content (AvgIpc) is 2.48. The maximum Gasteiger partial charge on any atom is 0.308 e. The number of hydrogen-bond donors (Lipinski definition) is 1. The van der Waals surface area contributed by atoms with Gasteiger partial charge in [0.2, 0.25) is 6.41 Å². The Morgan fingerprint density at radius 3 is 2.48 bits per heavy atom. The summed E-state index contributed by atoms with van der Waals surface area (Å²) in [7, 11) is -2.29. The van der Waals surface area contributed by atoms with E-state index in [1.807, 2.05) is 0 Å². The second-order valence-corrected chi connectivity index (χ2v) is 7.46. The Labute approximate surface area is 124 Å². The molecule has 1 rings (SSSR count). The monoisotopic (exact) mass is 313 g/mol. The zero-order valence-electron chi connectivity index (χ0n) is 12.4. The van der Waals surface area contributed by atoms with Crippen molar-refractivity contribution in [2.75, 3.05) is 13.7 Å². The van der Waals surface area contributed by atoms with Gasteiger partial charge in [-0.15, -0.1) is 0 Å². The van der Waals surface area contributed by atoms with Crippen molar-refractivity contribution >= 4 is 25.1 Å². The summed E-state index contributed by atoms with van der Waals surface area (Å²) in [5.74, 6) is -0.581. The molecule has 0 aliphatic rings. The number of nitrogens with one attached hydrogen (secondary N) is 1. The Kier molecular flexibility index (Phi) is 6.12. The van der Waals surface area contributed by atoms with E-state index >= 15 is 0 Å². The van der Waals surface area contributed by atoms with Gasteiger partial charge in [-0.05, 0) is 26.0 Å². The van der Waals surface area contributed by atoms with E-state index in [1.165, 1.54) is 14.0 Å². The predicted octanol–water partition coefficient (Wildman–Crippen LogP) is 1.65. The third-order valence-electron chi connectivity index (χ3n) is 3.14. The summed E-state index contributed by atoms with van der Waals surface area (Å²) < 4.78 is 23.6. The lowest BCUT2D eigenvalue weighted by molar-refractivity contribution is -0.141. The highest BCUT2D eigenvalue weighted by molar-refractivity contribution is 7.68. The van der Waals surface area contributed by atoms with Gasteiger partial charge >= 0.3 is 5.97 Å². The summed E-state index contributed by atoms with van der Waals surface area (Å²) in [6, 6.07) is 8.53. The summed E-state index contributed by atoms with van der Waals surface area (Å²) in [4.78, 5) is 22.6. The fourth-order valence-corrected chi connectivity index (χ4v) is 4.52. The lowest BCUT2D eigenvalue weighted by Gasteiger charge is -2.36. The van der Waals surface area contributed by atoms with Crippen LogP contribution in [-0.2, 0) is 23.4 Å². The van der Waals surface area contributed by atoms with Crippen LogP contribution in [0, 0.1) is 0 Å². The number of carbonyl (C=O) groups excluding carboxylic acids is 2. The summed E-state index contributed by atoms with van der Waals surface area (Å²) in [6.45, 7) is 3.40. The van der Waals surface area contributed by atoms with Gasteiger partial charge in [-0.1, -0.05) is 18.2 Å². The number of esters is 1. The molecule has 1 aromatic carbocycles. The molecule has 0 heterocycles. The molecule has 0 fully saturated rings. The van der Waals surface area contributed by atoms with Crippen molar-refractivity contribution in [3.63, 3.8) is 0 Å². The molecule has 0 bridgehead atoms. The van der Waals surface area contributed by atoms with Crippen molar-refractivity contribution in [3.8, 4) is 0 Å². The van der Waals surface area contributed by atoms with Crippen LogP contribution in [0.1, 0.15) is 20.3 Å². The molecule has 21 heavy (non-hydrogen) atoms. The largest absolute Gasteiger partial charge is 0.469 e. The maximum atomic E-state index is 13.4. The van der Waals surface area contributed by atoms with Crippen LogP contribution in [0.25, 0.3) is 0 Å². The molecule has 0 aliphatic carbocycles. The smallest absolute Gasteiger partial charge is 0.308 e. The van der Waals surface area contributed by atoms with Crippen molar-refractivity contribution in [2.45, 2.75) is 25.5 Å². The average molecular weight is 313 g/mol. The van der Waals surface area contributed by atoms with E-state index in [0.717, 1.165) is 0 Å². The summed E-state index contributed by atoms with van der Waals surface area (Å²) in [6.07, 6.45) is 0.159. The second-order valence-electron chi connectivity index (χ2n) is 4.59. The number of methoxy groups -OCH3 is 1. The van der Waals surface area contributed by atoms with Crippen LogP contribution >= 0.6 is 7.37 Å². The second kappa shape index (κ2) is 7.38. The van der Waals surface area contributed by atoms with Crippen molar-refractivity contribution in [2.24, 2.45) is 0 Å². The molecule has 0 saturated carbocycles. The number of benzene rings is 1. The Balaban J connectivity index is 3.35. The lowest BCUT2D eigenvalue weighted by atomic mass is 10.2. The molecule has 1 amide bonds. The summed E-state index contributed by atoms with van der Waals surface area (Å²) >= 11 is 0. The van der Waals surface area contributed by atoms with Crippen LogP contribution in [0.15, 0.2) is 30.3 Å². The van der Waals surface area contributed by atoms with Gasteiger partial charge in [-0.2, -0.15) is 0 Å². The minimum absolute atomic E-state index is 0.184. The number of ether oxygens (including phenoxy) is 1. The molecule has 1 N–H and O–H groups in total. The van der Waals surface area contributed by atoms with Gasteiger partial charge in [0.25, 0.3) is 7.37 Å². The fraction of sp³-hybridized carbons (Fsp3) is 0.429. The molecule has 2 atom stereocenters. The van der Waals surface area contributed by atoms with E-state index < -0.39 is 18.6 Å². The molecular formula is C14H20NO5P. The first-order chi connectivity index (χ1) is 9.93. The third-order valence-corrected chi connectivity index (χ3v) is 6.33. The van der Waals surface area contributed by atoms with Crippen molar-refractivity contribution in [1.82, 2.24) is 5.32 Å². The maximum absolute atomic E-state index is 13.4. The van der Waals surface area contributed by atoms with Crippen LogP contribution in [0.4, 0.5) is 0 Å². The number of rotatable bonds is 8. The van der Waals surface area contributed by atoms with Crippen LogP contribution in [0.2, 0.25) is 0 Å². The number of amides is 1. The van der Waals surface area contributed by atoms with Gasteiger partial charge in [0.15, 0.2) is 0 Å². The van der Waals surface area contributed by atoms with E-state index in [9.17, 15) is 14.2 Å². The van der Waals surface area contributed by atoms with E-state index in [4.69, 9.17) is 4.52 Å². The van der Waals surface area contributed by atoms with Crippen molar-refractivity contribution in [1.29, 1.82) is 0 Å². The Bertz CT molecular complexity index is 533. The first-order valence-electron chi connectivity index (χ1n) is 6.52. The standard InChI is InChI=1S/C14H20NO5P/c1-4-20-21(18,12-8-6-5-7-9-12)14(2,15-11-16)10-13(17)19-3/h5-9,11H,4,10H2,1-3H3,(H,15,16)/t14-,21?/m1/s1. The van der Waals surface area contributed by atoms with Crippen molar-refractivity contribution < 1.29 is 23.4 Å². The van der Waals surface area contributed by atoms with Crippen LogP contribution < -0.4 is 10.6 Å². The summed E-state index contributed by atoms with van der Waals surface area (Å²) in [5.41, 5.74) is 0. The highest BCUT2D eigenvalue weighted by atomic mass is 31.2. The topological polar surface area (TPSA) is 81.7 Å². The normalized spacial score (nSPS) is 16.3. The Hall–Kier alpha value is -1.65. The van der Waals surface area contributed by atoms with Gasteiger partial charge in [-0.25, -0.2) is 0 Å². The molecule has 0 aromatic heterocycles. The van der Waals surface area contributed by atoms with Gasteiger partial charge in [0, 0.05) is 5.30 Å². The molecule has 6 nitrogen and oxygen atoms in total. The Morgan fingerprint density at radius 1 is 1.38 bits per heavy atom. The van der Waals surface area contributed by atoms with E-state index in [1.54, 1.807) is 37.3 Å². The molecule has 1 aromatic rings. The molecule has 0 radical (unpaired) electrons. The molecule has 0 aliphatic heterocycles. The van der Waals surface area contributed by atoms with Gasteiger partial charge < -0.3 is 14.6 Å². The molecule has 1 unspecified atom stereocenters. The minimum atomic E-state index is -3.52. The number of hydrogen-bond acceptors (Lipinski definition) is 5. The molecular weight excluding hydrogens is 293 g/mol. The quantitative estimate of drug-likeness (QED) is 0.448. The molecule has 7 heteroatoms. The van der Waals surface area contributed by atoms with Crippen LogP contribution in [0.3, 0.4) is 0 Å². The predicted molar refractivity (Wildman–Crippen MR) is 79.5 cm³/mol. The fourth-order valence-electron chi connectivity index (χ4n) is 2.03. The molecule has 0 saturated heterocycles. The van der Waals surface area contributed by atoms with Crippen LogP contribution in [0.5, 0.6) is 0 Å². The minimum Gasteiger partial charge on any atom is -0.469 e. The summed E-state index contributed by atoms with van der Waals surface area (Å²) in [5, 5.41) is 1.54. The van der Waals surface area contributed by atoms with Gasteiger partial charge in [0.1, 0.15) is 5.28 Å². The van der Waals surface area contributed by atoms with E-state index in [0.29, 0.717) is 11.7 Å². The van der Waals surface area contributed by atoms with E-state index in [-0.39, 0.29) is 13.0 Å². The molecule has 0 spiro atoms. The number of carbonyl (C=O) groups is 2. The first-order valence-corrected chi connectivity index (χ1v) is 8.14. The highest BCUT2D eigenvalue weighted by Gasteiger charge is 2.48. The SMILES string of the molecule is CCOP(=O)(c1ccccc1)[C@](C)(CC(=O)OC)NC=O. The van der Waals surface area contributed by atoms with Crippen LogP contribution in [-0.4, -0.2) is 31.4 Å². The van der Waals surface area contributed by atoms with Gasteiger partial charge in [-0.3, -0.25) is 14.2 Å². The lowest BCUT2D eigenvalue weighted by Crippen LogP contribution is -2.46. The van der Waals surface area contributed by atoms with Gasteiger partial charge in [0.05, 0.1) is 20.1 Å². The highest BCUT2D eigenvalue weighted by Crippen LogP contribution is 2.57. The zero-order chi connectivity index (χ0) is 15.9. The third kappa shape index (κ3) is 3.71. The first kappa shape index (κ1) is 17.4. The molecule has 116 valence electrons. The van der Waals surface area contributed by atoms with E-state index in [2.05, 4.69) is 10.1 Å². The Morgan fingerprint density at radius 2 is 2.00 bits per heavy atom. The van der Waals surface area contributed by atoms with Crippen molar-refractivity contribution in [3.05, 3.63) is 30.3 Å². The zero-order valence-corrected chi connectivity index (χ0v) is 13.3.